The minimum atomic E-state index is -1.67. The molecule has 0 heterocycles. The van der Waals surface area contributed by atoms with Gasteiger partial charge in [-0.3, -0.25) is 0 Å². The summed E-state index contributed by atoms with van der Waals surface area (Å²) >= 11 is 0. The molecule has 0 amide bonds. The van der Waals surface area contributed by atoms with Crippen molar-refractivity contribution in [2.75, 3.05) is 85.9 Å². The van der Waals surface area contributed by atoms with Gasteiger partial charge in [-0.25, -0.2) is 0 Å². The van der Waals surface area contributed by atoms with Gasteiger partial charge in [0.2, 0.25) is 0 Å². The highest BCUT2D eigenvalue weighted by atomic mass is 28.4. The third-order valence-corrected chi connectivity index (χ3v) is 10.3. The quantitative estimate of drug-likeness (QED) is 0.130. The van der Waals surface area contributed by atoms with Gasteiger partial charge < -0.3 is 32.8 Å². The van der Waals surface area contributed by atoms with E-state index in [0.717, 1.165) is 13.0 Å². The first-order valence-electron chi connectivity index (χ1n) is 12.9. The zero-order chi connectivity index (χ0) is 24.7. The Balaban J connectivity index is 3.15. The van der Waals surface area contributed by atoms with Crippen LogP contribution < -0.4 is 0 Å². The lowest BCUT2D eigenvalue weighted by Crippen LogP contribution is -2.41. The summed E-state index contributed by atoms with van der Waals surface area (Å²) in [6.07, 6.45) is 6.33. The highest BCUT2D eigenvalue weighted by Crippen LogP contribution is 2.36. The molecule has 0 bridgehead atoms. The molecule has 0 atom stereocenters. The van der Waals surface area contributed by atoms with E-state index in [1.165, 1.54) is 25.7 Å². The molecule has 0 radical (unpaired) electrons. The molecular formula is C25H54O7Si. The zero-order valence-electron chi connectivity index (χ0n) is 22.6. The lowest BCUT2D eigenvalue weighted by Gasteiger charge is -2.36. The van der Waals surface area contributed by atoms with Crippen molar-refractivity contribution in [2.45, 2.75) is 77.9 Å². The molecule has 0 saturated heterocycles. The largest absolute Gasteiger partial charge is 0.414 e. The molecule has 0 spiro atoms. The van der Waals surface area contributed by atoms with Crippen molar-refractivity contribution >= 4 is 8.32 Å². The molecule has 0 aromatic heterocycles. The minimum absolute atomic E-state index is 0.233. The molecule has 0 N–H and O–H groups in total. The minimum Gasteiger partial charge on any atom is -0.414 e. The highest BCUT2D eigenvalue weighted by Gasteiger charge is 2.36. The van der Waals surface area contributed by atoms with Crippen molar-refractivity contribution < 1.29 is 32.8 Å². The summed E-state index contributed by atoms with van der Waals surface area (Å²) in [5, 5.41) is 0.233. The molecule has 200 valence electrons. The second-order valence-electron chi connectivity index (χ2n) is 9.70. The maximum absolute atomic E-state index is 6.07. The van der Waals surface area contributed by atoms with Gasteiger partial charge in [0.1, 0.15) is 0 Å². The third-order valence-electron chi connectivity index (χ3n) is 5.75. The molecule has 0 aliphatic carbocycles. The molecule has 0 unspecified atom stereocenters. The van der Waals surface area contributed by atoms with Crippen LogP contribution in [-0.4, -0.2) is 94.2 Å². The molecule has 0 rings (SSSR count). The standard InChI is InChI=1S/C25H54O7Si/c1-7-8-9-10-11-12-26-13-14-27-15-16-28-17-18-29-19-20-30-21-22-31-23-24-32-33(5,6)25(2,3)4/h7-24H2,1-6H3. The van der Waals surface area contributed by atoms with Gasteiger partial charge in [-0.05, 0) is 24.6 Å². The first kappa shape index (κ1) is 32.9. The number of hydrogen-bond donors (Lipinski definition) is 0. The predicted octanol–water partition coefficient (Wildman–Crippen LogP) is 5.08. The van der Waals surface area contributed by atoms with E-state index in [1.807, 2.05) is 0 Å². The normalized spacial score (nSPS) is 12.5. The summed E-state index contributed by atoms with van der Waals surface area (Å²) in [5.41, 5.74) is 0. The van der Waals surface area contributed by atoms with Crippen LogP contribution >= 0.6 is 0 Å². The van der Waals surface area contributed by atoms with E-state index in [4.69, 9.17) is 32.8 Å². The highest BCUT2D eigenvalue weighted by molar-refractivity contribution is 6.74. The van der Waals surface area contributed by atoms with Crippen LogP contribution in [0.4, 0.5) is 0 Å². The van der Waals surface area contributed by atoms with Crippen molar-refractivity contribution in [2.24, 2.45) is 0 Å². The Bertz CT molecular complexity index is 403. The lowest BCUT2D eigenvalue weighted by atomic mass is 10.2. The first-order chi connectivity index (χ1) is 15.8. The van der Waals surface area contributed by atoms with Gasteiger partial charge >= 0.3 is 0 Å². The second kappa shape index (κ2) is 22.4. The van der Waals surface area contributed by atoms with E-state index in [9.17, 15) is 0 Å². The van der Waals surface area contributed by atoms with Crippen molar-refractivity contribution in [1.29, 1.82) is 0 Å². The molecule has 0 aliphatic heterocycles. The summed E-state index contributed by atoms with van der Waals surface area (Å²) in [6, 6.07) is 0. The number of unbranched alkanes of at least 4 members (excludes halogenated alkanes) is 4. The Morgan fingerprint density at radius 3 is 1.15 bits per heavy atom. The third kappa shape index (κ3) is 22.2. The van der Waals surface area contributed by atoms with Crippen LogP contribution in [0.3, 0.4) is 0 Å². The van der Waals surface area contributed by atoms with E-state index in [0.29, 0.717) is 79.3 Å². The smallest absolute Gasteiger partial charge is 0.192 e. The zero-order valence-corrected chi connectivity index (χ0v) is 23.6. The van der Waals surface area contributed by atoms with Crippen LogP contribution in [0.1, 0.15) is 59.8 Å². The van der Waals surface area contributed by atoms with Gasteiger partial charge in [0.25, 0.3) is 0 Å². The van der Waals surface area contributed by atoms with E-state index in [-0.39, 0.29) is 5.04 Å². The summed E-state index contributed by atoms with van der Waals surface area (Å²) in [5.74, 6) is 0. The topological polar surface area (TPSA) is 64.6 Å². The molecule has 0 aromatic carbocycles. The van der Waals surface area contributed by atoms with Crippen LogP contribution in [0.25, 0.3) is 0 Å². The molecule has 0 fully saturated rings. The van der Waals surface area contributed by atoms with Gasteiger partial charge in [0.05, 0.1) is 79.3 Å². The average Bonchev–Trinajstić information content (AvgIpc) is 2.76. The fourth-order valence-electron chi connectivity index (χ4n) is 2.58. The molecule has 0 aromatic rings. The second-order valence-corrected chi connectivity index (χ2v) is 14.5. The first-order valence-corrected chi connectivity index (χ1v) is 15.8. The van der Waals surface area contributed by atoms with Crippen LogP contribution in [0, 0.1) is 0 Å². The fourth-order valence-corrected chi connectivity index (χ4v) is 3.61. The van der Waals surface area contributed by atoms with Gasteiger partial charge in [-0.1, -0.05) is 53.4 Å². The average molecular weight is 495 g/mol. The summed E-state index contributed by atoms with van der Waals surface area (Å²) in [4.78, 5) is 0. The molecule has 33 heavy (non-hydrogen) atoms. The molecule has 7 nitrogen and oxygen atoms in total. The maximum Gasteiger partial charge on any atom is 0.192 e. The van der Waals surface area contributed by atoms with Gasteiger partial charge in [-0.2, -0.15) is 0 Å². The number of rotatable bonds is 25. The van der Waals surface area contributed by atoms with E-state index >= 15 is 0 Å². The summed E-state index contributed by atoms with van der Waals surface area (Å²) < 4.78 is 39.2. The molecule has 0 aliphatic rings. The molecule has 0 saturated carbocycles. The van der Waals surface area contributed by atoms with Crippen LogP contribution in [0.5, 0.6) is 0 Å². The maximum atomic E-state index is 6.07. The monoisotopic (exact) mass is 494 g/mol. The Morgan fingerprint density at radius 2 is 0.788 bits per heavy atom. The van der Waals surface area contributed by atoms with Crippen LogP contribution in [-0.2, 0) is 32.8 Å². The van der Waals surface area contributed by atoms with Gasteiger partial charge in [-0.15, -0.1) is 0 Å². The SMILES string of the molecule is CCCCCCCOCCOCCOCCOCCOCCOCCO[Si](C)(C)C(C)(C)C. The van der Waals surface area contributed by atoms with Crippen molar-refractivity contribution in [3.8, 4) is 0 Å². The number of hydrogen-bond acceptors (Lipinski definition) is 7. The van der Waals surface area contributed by atoms with Gasteiger partial charge in [0, 0.05) is 6.61 Å². The lowest BCUT2D eigenvalue weighted by molar-refractivity contribution is -0.0180. The Labute approximate surface area is 205 Å². The van der Waals surface area contributed by atoms with E-state index in [2.05, 4.69) is 40.8 Å². The fraction of sp³-hybridized carbons (Fsp3) is 1.00. The van der Waals surface area contributed by atoms with Crippen molar-refractivity contribution in [3.05, 3.63) is 0 Å². The Hall–Kier alpha value is -0.0631. The number of ether oxygens (including phenoxy) is 6. The Kier molecular flexibility index (Phi) is 22.4. The summed E-state index contributed by atoms with van der Waals surface area (Å²) in [6.45, 7) is 21.4. The van der Waals surface area contributed by atoms with Crippen molar-refractivity contribution in [3.63, 3.8) is 0 Å². The van der Waals surface area contributed by atoms with Crippen LogP contribution in [0.15, 0.2) is 0 Å². The van der Waals surface area contributed by atoms with E-state index in [1.54, 1.807) is 0 Å². The molecule has 8 heteroatoms. The predicted molar refractivity (Wildman–Crippen MR) is 137 cm³/mol. The van der Waals surface area contributed by atoms with E-state index < -0.39 is 8.32 Å². The Morgan fingerprint density at radius 1 is 0.455 bits per heavy atom. The summed E-state index contributed by atoms with van der Waals surface area (Å²) in [7, 11) is -1.67. The van der Waals surface area contributed by atoms with Crippen molar-refractivity contribution in [1.82, 2.24) is 0 Å². The van der Waals surface area contributed by atoms with Gasteiger partial charge in [0.15, 0.2) is 8.32 Å². The molecular weight excluding hydrogens is 440 g/mol. The van der Waals surface area contributed by atoms with Crippen LogP contribution in [0.2, 0.25) is 18.1 Å².